The third kappa shape index (κ3) is 13.3. The summed E-state index contributed by atoms with van der Waals surface area (Å²) < 4.78 is 15.7. The number of rotatable bonds is 14. The Kier molecular flexibility index (Phi) is 17.4. The van der Waals surface area contributed by atoms with Crippen molar-refractivity contribution < 1.29 is 19.0 Å². The summed E-state index contributed by atoms with van der Waals surface area (Å²) in [5.41, 5.74) is 6.21. The van der Waals surface area contributed by atoms with E-state index < -0.39 is 0 Å². The minimum atomic E-state index is -0.191. The largest absolute Gasteiger partial charge is 0.496 e. The first-order valence-corrected chi connectivity index (χ1v) is 16.3. The highest BCUT2D eigenvalue weighted by Gasteiger charge is 2.13. The molecule has 0 unspecified atom stereocenters. The Morgan fingerprint density at radius 3 is 2.23 bits per heavy atom. The molecule has 0 aromatic heterocycles. The predicted molar refractivity (Wildman–Crippen MR) is 199 cm³/mol. The standard InChI is InChI=1S/C30H34Cl2N2O2.C9H14O2/c1-6-33(3)21-29(27-16-13-25(31)20-28(27)32)34(4)18-8-9-24-19-23(12-17-30(24)35-5)22-10-14-26(15-11-22)36-7-2;1-4-5-6-8(2)7-9(10)11-3/h8-17,19-21H,6-7,18H2,1-5H3;4-6H,7H2,1-3H3/b9-8+,29-21-;5-4-,8-6+. The fraction of sp³-hybridized carbons (Fsp3) is 0.308. The molecule has 0 radical (unpaired) electrons. The van der Waals surface area contributed by atoms with Gasteiger partial charge in [0.1, 0.15) is 11.5 Å². The molecule has 3 rings (SSSR count). The first-order chi connectivity index (χ1) is 22.6. The maximum atomic E-state index is 10.7. The normalized spacial score (nSPS) is 11.7. The van der Waals surface area contributed by atoms with Crippen molar-refractivity contribution >= 4 is 40.9 Å². The van der Waals surface area contributed by atoms with E-state index >= 15 is 0 Å². The topological polar surface area (TPSA) is 51.2 Å². The third-order valence-electron chi connectivity index (χ3n) is 7.09. The van der Waals surface area contributed by atoms with Gasteiger partial charge < -0.3 is 24.0 Å². The van der Waals surface area contributed by atoms with Crippen molar-refractivity contribution in [3.8, 4) is 22.6 Å². The summed E-state index contributed by atoms with van der Waals surface area (Å²) in [6.07, 6.45) is 12.4. The second-order valence-corrected chi connectivity index (χ2v) is 11.5. The number of nitrogens with zero attached hydrogens (tertiary/aromatic N) is 2. The van der Waals surface area contributed by atoms with Crippen LogP contribution in [0.5, 0.6) is 11.5 Å². The van der Waals surface area contributed by atoms with Crippen molar-refractivity contribution in [2.75, 3.05) is 48.0 Å². The van der Waals surface area contributed by atoms with Crippen LogP contribution in [0.25, 0.3) is 22.9 Å². The molecular weight excluding hydrogens is 631 g/mol. The molecule has 252 valence electrons. The van der Waals surface area contributed by atoms with Crippen LogP contribution >= 0.6 is 23.2 Å². The Hall–Kier alpha value is -4.13. The quantitative estimate of drug-likeness (QED) is 0.125. The zero-order valence-corrected chi connectivity index (χ0v) is 30.4. The third-order valence-corrected chi connectivity index (χ3v) is 7.64. The minimum Gasteiger partial charge on any atom is -0.496 e. The second-order valence-electron chi connectivity index (χ2n) is 10.7. The number of methoxy groups -OCH3 is 2. The smallest absolute Gasteiger partial charge is 0.309 e. The lowest BCUT2D eigenvalue weighted by Gasteiger charge is -2.25. The molecule has 8 heteroatoms. The molecule has 0 amide bonds. The van der Waals surface area contributed by atoms with E-state index in [0.29, 0.717) is 29.6 Å². The molecule has 47 heavy (non-hydrogen) atoms. The van der Waals surface area contributed by atoms with Gasteiger partial charge in [0.2, 0.25) is 0 Å². The molecule has 0 aliphatic carbocycles. The van der Waals surface area contributed by atoms with E-state index in [1.165, 1.54) is 7.11 Å². The summed E-state index contributed by atoms with van der Waals surface area (Å²) in [6, 6.07) is 20.0. The fourth-order valence-electron chi connectivity index (χ4n) is 4.38. The summed E-state index contributed by atoms with van der Waals surface area (Å²) in [5.74, 6) is 1.50. The molecule has 0 saturated heterocycles. The summed E-state index contributed by atoms with van der Waals surface area (Å²) in [7, 11) is 7.19. The van der Waals surface area contributed by atoms with Crippen LogP contribution in [0.2, 0.25) is 10.0 Å². The van der Waals surface area contributed by atoms with Crippen LogP contribution < -0.4 is 9.47 Å². The van der Waals surface area contributed by atoms with Gasteiger partial charge in [-0.05, 0) is 81.3 Å². The molecule has 0 N–H and O–H groups in total. The highest BCUT2D eigenvalue weighted by Crippen LogP contribution is 2.31. The van der Waals surface area contributed by atoms with Crippen molar-refractivity contribution in [2.24, 2.45) is 0 Å². The monoisotopic (exact) mass is 678 g/mol. The molecule has 6 nitrogen and oxygen atoms in total. The van der Waals surface area contributed by atoms with Gasteiger partial charge in [0.05, 0.1) is 38.0 Å². The van der Waals surface area contributed by atoms with Crippen LogP contribution in [0.1, 0.15) is 45.2 Å². The van der Waals surface area contributed by atoms with E-state index in [2.05, 4.69) is 71.1 Å². The van der Waals surface area contributed by atoms with Crippen LogP contribution in [0.4, 0.5) is 0 Å². The average Bonchev–Trinajstić information content (AvgIpc) is 3.07. The lowest BCUT2D eigenvalue weighted by Crippen LogP contribution is -2.20. The van der Waals surface area contributed by atoms with Crippen LogP contribution in [0, 0.1) is 0 Å². The highest BCUT2D eigenvalue weighted by atomic mass is 35.5. The predicted octanol–water partition coefficient (Wildman–Crippen LogP) is 10.0. The SMILES string of the molecule is C/C=C\C=C(/C)CC(=O)OC.CCOc1ccc(-c2ccc(OC)c(/C=C/CN(C)/C(=C\N(C)CC)c3ccc(Cl)cc3Cl)c2)cc1. The molecule has 0 atom stereocenters. The van der Waals surface area contributed by atoms with Gasteiger partial charge in [-0.1, -0.05) is 77.4 Å². The lowest BCUT2D eigenvalue weighted by molar-refractivity contribution is -0.139. The maximum absolute atomic E-state index is 10.7. The van der Waals surface area contributed by atoms with Crippen molar-refractivity contribution in [1.82, 2.24) is 9.80 Å². The van der Waals surface area contributed by atoms with E-state index in [-0.39, 0.29) is 5.97 Å². The molecule has 0 spiro atoms. The molecule has 0 heterocycles. The zero-order valence-electron chi connectivity index (χ0n) is 28.8. The Labute approximate surface area is 291 Å². The van der Waals surface area contributed by atoms with Crippen molar-refractivity contribution in [3.05, 3.63) is 118 Å². The molecule has 0 bridgehead atoms. The number of carbonyl (C=O) groups excluding carboxylic acids is 1. The first-order valence-electron chi connectivity index (χ1n) is 15.6. The molecule has 0 fully saturated rings. The number of hydrogen-bond donors (Lipinski definition) is 0. The molecule has 3 aromatic rings. The number of likely N-dealkylation sites (N-methyl/N-ethyl adjacent to an activating group) is 1. The van der Waals surface area contributed by atoms with Crippen molar-refractivity contribution in [2.45, 2.75) is 34.1 Å². The number of carbonyl (C=O) groups is 1. The first kappa shape index (κ1) is 39.1. The summed E-state index contributed by atoms with van der Waals surface area (Å²) in [6.45, 7) is 10.1. The molecule has 0 saturated carbocycles. The van der Waals surface area contributed by atoms with E-state index in [1.54, 1.807) is 13.2 Å². The van der Waals surface area contributed by atoms with E-state index in [9.17, 15) is 4.79 Å². The van der Waals surface area contributed by atoms with Crippen LogP contribution in [-0.2, 0) is 9.53 Å². The highest BCUT2D eigenvalue weighted by molar-refractivity contribution is 6.35. The van der Waals surface area contributed by atoms with Gasteiger partial charge in [-0.2, -0.15) is 0 Å². The van der Waals surface area contributed by atoms with Gasteiger partial charge in [0, 0.05) is 49.5 Å². The van der Waals surface area contributed by atoms with Gasteiger partial charge in [0.25, 0.3) is 0 Å². The average molecular weight is 680 g/mol. The van der Waals surface area contributed by atoms with Crippen molar-refractivity contribution in [1.29, 1.82) is 0 Å². The number of benzene rings is 3. The lowest BCUT2D eigenvalue weighted by atomic mass is 10.0. The summed E-state index contributed by atoms with van der Waals surface area (Å²) >= 11 is 12.7. The van der Waals surface area contributed by atoms with E-state index in [0.717, 1.165) is 51.6 Å². The molecular formula is C39H48Cl2N2O4. The molecule has 0 aliphatic rings. The Bertz CT molecular complexity index is 1550. The molecule has 3 aromatic carbocycles. The number of allylic oxidation sites excluding steroid dienone is 3. The zero-order chi connectivity index (χ0) is 34.8. The van der Waals surface area contributed by atoms with Crippen molar-refractivity contribution in [3.63, 3.8) is 0 Å². The maximum Gasteiger partial charge on any atom is 0.309 e. The number of ether oxygens (including phenoxy) is 3. The van der Waals surface area contributed by atoms with Gasteiger partial charge in [-0.15, -0.1) is 0 Å². The second kappa shape index (κ2) is 20.9. The number of esters is 1. The van der Waals surface area contributed by atoms with Gasteiger partial charge in [-0.25, -0.2) is 0 Å². The van der Waals surface area contributed by atoms with Crippen LogP contribution in [0.3, 0.4) is 0 Å². The van der Waals surface area contributed by atoms with Gasteiger partial charge in [0.15, 0.2) is 0 Å². The van der Waals surface area contributed by atoms with Gasteiger partial charge >= 0.3 is 5.97 Å². The Morgan fingerprint density at radius 1 is 0.936 bits per heavy atom. The fourth-order valence-corrected chi connectivity index (χ4v) is 4.89. The molecule has 0 aliphatic heterocycles. The summed E-state index contributed by atoms with van der Waals surface area (Å²) in [5, 5.41) is 1.24. The Morgan fingerprint density at radius 2 is 1.64 bits per heavy atom. The minimum absolute atomic E-state index is 0.191. The van der Waals surface area contributed by atoms with Crippen LogP contribution in [-0.4, -0.2) is 63.8 Å². The van der Waals surface area contributed by atoms with E-state index in [1.807, 2.05) is 76.4 Å². The number of halogens is 2. The van der Waals surface area contributed by atoms with E-state index in [4.69, 9.17) is 32.7 Å². The van der Waals surface area contributed by atoms with Crippen LogP contribution in [0.15, 0.2) is 96.7 Å². The Balaban J connectivity index is 0.000000597. The number of hydrogen-bond acceptors (Lipinski definition) is 6. The summed E-state index contributed by atoms with van der Waals surface area (Å²) in [4.78, 5) is 15.0. The van der Waals surface area contributed by atoms with Gasteiger partial charge in [-0.3, -0.25) is 4.79 Å².